The molecule has 1 aliphatic rings. The lowest BCUT2D eigenvalue weighted by Crippen LogP contribution is -2.47. The minimum Gasteiger partial charge on any atom is -0.326 e. The summed E-state index contributed by atoms with van der Waals surface area (Å²) in [6, 6.07) is 7.91. The van der Waals surface area contributed by atoms with Crippen LogP contribution in [0.25, 0.3) is 0 Å². The average Bonchev–Trinajstić information content (AvgIpc) is 2.61. The summed E-state index contributed by atoms with van der Waals surface area (Å²) in [7, 11) is -0.441. The van der Waals surface area contributed by atoms with Crippen LogP contribution in [0.2, 0.25) is 0 Å². The fraction of sp³-hybridized carbons (Fsp3) is 0.611. The Morgan fingerprint density at radius 3 is 2.56 bits per heavy atom. The van der Waals surface area contributed by atoms with Crippen molar-refractivity contribution in [1.29, 1.82) is 0 Å². The second kappa shape index (κ2) is 8.78. The predicted molar refractivity (Wildman–Crippen MR) is 101 cm³/mol. The monoisotopic (exact) mass is 367 g/mol. The zero-order chi connectivity index (χ0) is 18.4. The molecule has 1 amide bonds. The van der Waals surface area contributed by atoms with Gasteiger partial charge in [0.25, 0.3) is 10.2 Å². The summed E-state index contributed by atoms with van der Waals surface area (Å²) in [5.74, 6) is -0.428. The molecule has 0 aromatic heterocycles. The largest absolute Gasteiger partial charge is 0.326 e. The van der Waals surface area contributed by atoms with Crippen molar-refractivity contribution in [2.24, 2.45) is 5.92 Å². The van der Waals surface area contributed by atoms with Crippen LogP contribution in [0.15, 0.2) is 24.3 Å². The Kier molecular flexibility index (Phi) is 6.98. The number of carbonyl (C=O) groups is 1. The van der Waals surface area contributed by atoms with Gasteiger partial charge < -0.3 is 5.32 Å². The molecule has 1 aromatic rings. The number of piperidine rings is 1. The van der Waals surface area contributed by atoms with Crippen molar-refractivity contribution < 1.29 is 13.2 Å². The molecule has 1 fully saturated rings. The molecule has 0 radical (unpaired) electrons. The van der Waals surface area contributed by atoms with E-state index in [0.717, 1.165) is 24.9 Å². The van der Waals surface area contributed by atoms with E-state index >= 15 is 0 Å². The lowest BCUT2D eigenvalue weighted by molar-refractivity contribution is -0.120. The maximum absolute atomic E-state index is 12.5. The molecule has 0 spiro atoms. The molecule has 140 valence electrons. The fourth-order valence-electron chi connectivity index (χ4n) is 2.98. The van der Waals surface area contributed by atoms with Gasteiger partial charge in [-0.15, -0.1) is 0 Å². The molecule has 1 aromatic carbocycles. The van der Waals surface area contributed by atoms with Gasteiger partial charge in [0.1, 0.15) is 0 Å². The molecule has 0 aliphatic carbocycles. The van der Waals surface area contributed by atoms with Gasteiger partial charge in [-0.1, -0.05) is 25.5 Å². The van der Waals surface area contributed by atoms with Gasteiger partial charge in [-0.2, -0.15) is 17.0 Å². The molecule has 6 nitrogen and oxygen atoms in total. The van der Waals surface area contributed by atoms with E-state index in [4.69, 9.17) is 0 Å². The fourth-order valence-corrected chi connectivity index (χ4v) is 4.17. The van der Waals surface area contributed by atoms with Crippen molar-refractivity contribution in [2.75, 3.05) is 32.5 Å². The predicted octanol–water partition coefficient (Wildman–Crippen LogP) is 2.49. The van der Waals surface area contributed by atoms with Gasteiger partial charge in [-0.25, -0.2) is 0 Å². The van der Waals surface area contributed by atoms with E-state index in [2.05, 4.69) is 12.2 Å². The quantitative estimate of drug-likeness (QED) is 0.805. The Morgan fingerprint density at radius 1 is 1.28 bits per heavy atom. The summed E-state index contributed by atoms with van der Waals surface area (Å²) in [5, 5.41) is 2.92. The number of amides is 1. The topological polar surface area (TPSA) is 69.7 Å². The van der Waals surface area contributed by atoms with E-state index in [1.807, 2.05) is 24.3 Å². The van der Waals surface area contributed by atoms with Crippen molar-refractivity contribution >= 4 is 21.8 Å². The van der Waals surface area contributed by atoms with Crippen LogP contribution in [-0.2, 0) is 21.4 Å². The lowest BCUT2D eigenvalue weighted by atomic mass is 9.98. The van der Waals surface area contributed by atoms with E-state index < -0.39 is 10.2 Å². The maximum Gasteiger partial charge on any atom is 0.281 e. The molecule has 0 unspecified atom stereocenters. The Hall–Kier alpha value is -1.44. The first kappa shape index (κ1) is 19.9. The van der Waals surface area contributed by atoms with Crippen LogP contribution in [0.5, 0.6) is 0 Å². The molecule has 1 saturated heterocycles. The molecular weight excluding hydrogens is 338 g/mol. The smallest absolute Gasteiger partial charge is 0.281 e. The number of aryl methyl sites for hydroxylation is 1. The van der Waals surface area contributed by atoms with Crippen LogP contribution in [0, 0.1) is 5.92 Å². The molecule has 7 heteroatoms. The van der Waals surface area contributed by atoms with Gasteiger partial charge in [0.05, 0.1) is 5.92 Å². The van der Waals surface area contributed by atoms with E-state index in [1.54, 1.807) is 0 Å². The first-order valence-electron chi connectivity index (χ1n) is 8.92. The summed E-state index contributed by atoms with van der Waals surface area (Å²) in [4.78, 5) is 12.5. The summed E-state index contributed by atoms with van der Waals surface area (Å²) < 4.78 is 27.1. The number of anilines is 1. The van der Waals surface area contributed by atoms with E-state index in [1.165, 1.54) is 28.3 Å². The number of benzene rings is 1. The third kappa shape index (κ3) is 5.26. The Labute approximate surface area is 151 Å². The molecule has 1 N–H and O–H groups in total. The number of hydrogen-bond donors (Lipinski definition) is 1. The normalized spacial score (nSPS) is 19.1. The first-order valence-corrected chi connectivity index (χ1v) is 10.3. The highest BCUT2D eigenvalue weighted by molar-refractivity contribution is 7.86. The van der Waals surface area contributed by atoms with Gasteiger partial charge in [0.15, 0.2) is 0 Å². The molecule has 1 atom stereocenters. The van der Waals surface area contributed by atoms with Gasteiger partial charge in [-0.05, 0) is 43.4 Å². The number of hydrogen-bond acceptors (Lipinski definition) is 3. The zero-order valence-corrected chi connectivity index (χ0v) is 16.2. The summed E-state index contributed by atoms with van der Waals surface area (Å²) >= 11 is 0. The Balaban J connectivity index is 1.96. The molecule has 0 bridgehead atoms. The second-order valence-electron chi connectivity index (χ2n) is 6.78. The number of nitrogens with zero attached hydrogens (tertiary/aromatic N) is 2. The third-order valence-electron chi connectivity index (χ3n) is 4.58. The molecule has 25 heavy (non-hydrogen) atoms. The maximum atomic E-state index is 12.5. The van der Waals surface area contributed by atoms with E-state index in [9.17, 15) is 13.2 Å². The number of rotatable bonds is 7. The Morgan fingerprint density at radius 2 is 1.96 bits per heavy atom. The minimum absolute atomic E-state index is 0.111. The highest BCUT2D eigenvalue weighted by atomic mass is 32.2. The lowest BCUT2D eigenvalue weighted by Gasteiger charge is -2.32. The van der Waals surface area contributed by atoms with Crippen molar-refractivity contribution in [3.63, 3.8) is 0 Å². The molecule has 1 heterocycles. The first-order chi connectivity index (χ1) is 11.8. The van der Waals surface area contributed by atoms with E-state index in [-0.39, 0.29) is 18.4 Å². The Bertz CT molecular complexity index is 671. The van der Waals surface area contributed by atoms with Crippen LogP contribution in [0.1, 0.15) is 38.2 Å². The van der Waals surface area contributed by atoms with Crippen LogP contribution in [0.3, 0.4) is 0 Å². The molecular formula is C18H29N3O3S. The third-order valence-corrected chi connectivity index (χ3v) is 6.49. The van der Waals surface area contributed by atoms with Crippen LogP contribution in [0.4, 0.5) is 5.69 Å². The number of nitrogens with one attached hydrogen (secondary N) is 1. The highest BCUT2D eigenvalue weighted by Gasteiger charge is 2.33. The summed E-state index contributed by atoms with van der Waals surface area (Å²) in [5.41, 5.74) is 2.03. The zero-order valence-electron chi connectivity index (χ0n) is 15.4. The van der Waals surface area contributed by atoms with E-state index in [0.29, 0.717) is 19.4 Å². The van der Waals surface area contributed by atoms with Crippen molar-refractivity contribution in [3.8, 4) is 0 Å². The van der Waals surface area contributed by atoms with Crippen LogP contribution < -0.4 is 5.32 Å². The minimum atomic E-state index is -3.47. The average molecular weight is 368 g/mol. The SMILES string of the molecule is CCCCc1ccc(NC(=O)[C@H]2CCCN(S(=O)(=O)N(C)C)C2)cc1. The van der Waals surface area contributed by atoms with Crippen molar-refractivity contribution in [1.82, 2.24) is 8.61 Å². The van der Waals surface area contributed by atoms with Crippen molar-refractivity contribution in [3.05, 3.63) is 29.8 Å². The van der Waals surface area contributed by atoms with Gasteiger partial charge in [-0.3, -0.25) is 4.79 Å². The number of unbranched alkanes of at least 4 members (excludes halogenated alkanes) is 1. The molecule has 0 saturated carbocycles. The highest BCUT2D eigenvalue weighted by Crippen LogP contribution is 2.22. The summed E-state index contributed by atoms with van der Waals surface area (Å²) in [6.45, 7) is 2.87. The van der Waals surface area contributed by atoms with Gasteiger partial charge in [0, 0.05) is 32.9 Å². The standard InChI is InChI=1S/C18H29N3O3S/c1-4-5-7-15-9-11-17(12-10-15)19-18(22)16-8-6-13-21(14-16)25(23,24)20(2)3/h9-12,16H,4-8,13-14H2,1-3H3,(H,19,22)/t16-/m0/s1. The summed E-state index contributed by atoms with van der Waals surface area (Å²) in [6.07, 6.45) is 4.77. The molecule has 1 aliphatic heterocycles. The van der Waals surface area contributed by atoms with Crippen LogP contribution >= 0.6 is 0 Å². The molecule has 2 rings (SSSR count). The van der Waals surface area contributed by atoms with Gasteiger partial charge >= 0.3 is 0 Å². The van der Waals surface area contributed by atoms with Crippen molar-refractivity contribution in [2.45, 2.75) is 39.0 Å². The second-order valence-corrected chi connectivity index (χ2v) is 8.92. The van der Waals surface area contributed by atoms with Crippen LogP contribution in [-0.4, -0.2) is 50.1 Å². The number of carbonyl (C=O) groups excluding carboxylic acids is 1. The van der Waals surface area contributed by atoms with Gasteiger partial charge in [0.2, 0.25) is 5.91 Å².